The van der Waals surface area contributed by atoms with Gasteiger partial charge in [0.05, 0.1) is 12.5 Å². The second-order valence-electron chi connectivity index (χ2n) is 19.4. The van der Waals surface area contributed by atoms with Crippen molar-refractivity contribution in [2.75, 3.05) is 0 Å². The fraction of sp³-hybridized carbons (Fsp3) is 0.117. The van der Waals surface area contributed by atoms with Crippen molar-refractivity contribution in [3.63, 3.8) is 0 Å². The summed E-state index contributed by atoms with van der Waals surface area (Å²) in [5.41, 5.74) is 0.581. The summed E-state index contributed by atoms with van der Waals surface area (Å²) < 4.78 is 22.1. The number of aliphatic hydroxyl groups is 2. The summed E-state index contributed by atoms with van der Waals surface area (Å²) in [4.78, 5) is 36.5. The van der Waals surface area contributed by atoms with Crippen LogP contribution in [-0.4, -0.2) is 121 Å². The van der Waals surface area contributed by atoms with Gasteiger partial charge in [-0.2, -0.15) is 0 Å². The molecule has 0 bridgehead atoms. The van der Waals surface area contributed by atoms with Crippen molar-refractivity contribution in [2.24, 2.45) is 0 Å². The summed E-state index contributed by atoms with van der Waals surface area (Å²) in [6.07, 6.45) is -5.00. The summed E-state index contributed by atoms with van der Waals surface area (Å²) >= 11 is 0. The minimum absolute atomic E-state index is 0.0183. The SMILES string of the molecule is O=C1CC(c2ccc(O)c(O)c2)Oc2cc(O)cc(O)c21.O=C1c2c(O)cc(O)cc2OC(c2ccc(O)c(O)c2)[C@H]1O.O=c1c(O)c(-c2ccc(O)c(O)c2)oc2cc(O)cc(O)c12.Oc1cc(O)c2c(c1)OC(c1ccc(O)c(O)c1)[C@@H](O)C2. The molecule has 0 saturated heterocycles. The third kappa shape index (κ3) is 11.8. The van der Waals surface area contributed by atoms with Crippen molar-refractivity contribution in [1.29, 1.82) is 0 Å². The number of ketones is 2. The number of carbonyl (C=O) groups is 2. The predicted octanol–water partition coefficient (Wildman–Crippen LogP) is 6.94. The Balaban J connectivity index is 0.000000137. The number of phenolic OH excluding ortho intramolecular Hbond substituents is 16. The Kier molecular flexibility index (Phi) is 15.9. The lowest BCUT2D eigenvalue weighted by Gasteiger charge is -2.31. The van der Waals surface area contributed by atoms with Crippen LogP contribution in [0.15, 0.2) is 131 Å². The zero-order valence-electron chi connectivity index (χ0n) is 43.7. The second kappa shape index (κ2) is 23.2. The van der Waals surface area contributed by atoms with Gasteiger partial charge in [0.25, 0.3) is 0 Å². The van der Waals surface area contributed by atoms with Gasteiger partial charge in [-0.25, -0.2) is 0 Å². The Morgan fingerprint density at radius 2 is 0.837 bits per heavy atom. The van der Waals surface area contributed by atoms with Gasteiger partial charge in [-0.15, -0.1) is 0 Å². The number of ether oxygens (including phenoxy) is 3. The zero-order chi connectivity index (χ0) is 62.3. The largest absolute Gasteiger partial charge is 0.508 e. The number of hydrogen-bond acceptors (Lipinski definition) is 26. The quantitative estimate of drug-likeness (QED) is 0.0793. The van der Waals surface area contributed by atoms with Crippen LogP contribution in [0, 0.1) is 0 Å². The van der Waals surface area contributed by atoms with Crippen LogP contribution < -0.4 is 19.6 Å². The number of rotatable bonds is 4. The van der Waals surface area contributed by atoms with Crippen molar-refractivity contribution in [3.8, 4) is 126 Å². The van der Waals surface area contributed by atoms with Crippen LogP contribution >= 0.6 is 0 Å². The van der Waals surface area contributed by atoms with E-state index in [1.807, 2.05) is 0 Å². The summed E-state index contributed by atoms with van der Waals surface area (Å²) in [6.45, 7) is 0. The highest BCUT2D eigenvalue weighted by atomic mass is 16.5. The molecule has 12 rings (SSSR count). The van der Waals surface area contributed by atoms with E-state index in [0.29, 0.717) is 16.7 Å². The van der Waals surface area contributed by atoms with E-state index >= 15 is 0 Å². The number of benzene rings is 8. The van der Waals surface area contributed by atoms with Crippen LogP contribution in [0.2, 0.25) is 0 Å². The number of carbonyl (C=O) groups excluding carboxylic acids is 2. The second-order valence-corrected chi connectivity index (χ2v) is 19.4. The van der Waals surface area contributed by atoms with Crippen LogP contribution in [0.3, 0.4) is 0 Å². The van der Waals surface area contributed by atoms with Crippen LogP contribution in [-0.2, 0) is 6.42 Å². The molecule has 3 aliphatic rings. The average Bonchev–Trinajstić information content (AvgIpc) is 1.39. The van der Waals surface area contributed by atoms with Gasteiger partial charge in [-0.05, 0) is 71.3 Å². The molecule has 3 unspecified atom stereocenters. The maximum absolute atomic E-state index is 12.2. The third-order valence-corrected chi connectivity index (χ3v) is 13.5. The molecule has 19 N–H and O–H groups in total. The molecule has 0 aliphatic carbocycles. The summed E-state index contributed by atoms with van der Waals surface area (Å²) in [5.74, 6) is -7.09. The van der Waals surface area contributed by atoms with E-state index in [2.05, 4.69) is 0 Å². The van der Waals surface area contributed by atoms with E-state index in [-0.39, 0.29) is 144 Å². The predicted molar refractivity (Wildman–Crippen MR) is 294 cm³/mol. The van der Waals surface area contributed by atoms with Crippen LogP contribution in [0.4, 0.5) is 0 Å². The van der Waals surface area contributed by atoms with Crippen LogP contribution in [0.5, 0.6) is 115 Å². The molecule has 4 heterocycles. The topological polar surface area (TPSA) is 476 Å². The zero-order valence-corrected chi connectivity index (χ0v) is 43.7. The molecule has 9 aromatic rings. The smallest absolute Gasteiger partial charge is 0.238 e. The number of fused-ring (bicyclic) bond motifs is 4. The maximum atomic E-state index is 12.2. The lowest BCUT2D eigenvalue weighted by atomic mass is 9.92. The van der Waals surface area contributed by atoms with Crippen molar-refractivity contribution in [2.45, 2.75) is 43.4 Å². The van der Waals surface area contributed by atoms with Gasteiger partial charge in [0.1, 0.15) is 97.5 Å². The van der Waals surface area contributed by atoms with Crippen LogP contribution in [0.25, 0.3) is 22.3 Å². The normalized spacial score (nSPS) is 17.2. The molecular formula is C60H48O26. The van der Waals surface area contributed by atoms with Crippen molar-refractivity contribution in [3.05, 3.63) is 165 Å². The first-order valence-electron chi connectivity index (χ1n) is 25.1. The van der Waals surface area contributed by atoms with Gasteiger partial charge in [-0.3, -0.25) is 14.4 Å². The van der Waals surface area contributed by atoms with Gasteiger partial charge in [0, 0.05) is 66.1 Å². The van der Waals surface area contributed by atoms with E-state index in [1.54, 1.807) is 0 Å². The van der Waals surface area contributed by atoms with Crippen molar-refractivity contribution < 1.29 is 125 Å². The fourth-order valence-corrected chi connectivity index (χ4v) is 9.33. The number of aliphatic hydroxyl groups excluding tert-OH is 2. The summed E-state index contributed by atoms with van der Waals surface area (Å²) in [5, 5.41) is 182. The first-order valence-corrected chi connectivity index (χ1v) is 25.1. The molecule has 1 aromatic heterocycles. The van der Waals surface area contributed by atoms with Gasteiger partial charge < -0.3 is 116 Å². The Morgan fingerprint density at radius 1 is 0.384 bits per heavy atom. The number of Topliss-reactive ketones (excluding diaryl/α,β-unsaturated/α-hetero) is 2. The lowest BCUT2D eigenvalue weighted by Crippen LogP contribution is -2.36. The lowest BCUT2D eigenvalue weighted by molar-refractivity contribution is 0.0197. The Labute approximate surface area is 481 Å². The van der Waals surface area contributed by atoms with E-state index in [1.165, 1.54) is 72.8 Å². The molecule has 0 radical (unpaired) electrons. The van der Waals surface area contributed by atoms with E-state index < -0.39 is 70.5 Å². The highest BCUT2D eigenvalue weighted by molar-refractivity contribution is 6.06. The van der Waals surface area contributed by atoms with E-state index in [4.69, 9.17) is 18.6 Å². The van der Waals surface area contributed by atoms with Crippen molar-refractivity contribution >= 4 is 22.5 Å². The van der Waals surface area contributed by atoms with Gasteiger partial charge in [-0.1, -0.05) is 18.2 Å². The molecule has 3 aliphatic heterocycles. The van der Waals surface area contributed by atoms with Gasteiger partial charge in [0.2, 0.25) is 17.0 Å². The molecule has 86 heavy (non-hydrogen) atoms. The molecule has 0 amide bonds. The number of phenols is 16. The summed E-state index contributed by atoms with van der Waals surface area (Å²) in [6, 6.07) is 24.6. The minimum Gasteiger partial charge on any atom is -0.508 e. The Morgan fingerprint density at radius 3 is 1.41 bits per heavy atom. The molecule has 26 nitrogen and oxygen atoms in total. The Bertz CT molecular complexity index is 4230. The highest BCUT2D eigenvalue weighted by Crippen LogP contribution is 2.47. The number of hydrogen-bond donors (Lipinski definition) is 19. The standard InChI is InChI=1S/C15H12O7.C15H10O7.C15H14O6.C15H12O6/c2*16-7-4-10(19)12-11(5-7)22-15(14(21)13(12)20)6-1-2-8(17)9(18)3-6;16-8-4-11(18)9-6-13(20)15(21-14(9)5-8)7-1-2-10(17)12(19)3-7;16-8-4-11(19)15-12(20)6-13(21-14(15)5-8)7-1-2-9(17)10(18)3-7/h1-5,14-19,21H;1-5,16-19,21H;1-5,13,15-20H,6H2;1-5,13,16-19H,6H2/t14-,15?;;13-,15?;/m0.0./s1. The number of aromatic hydroxyl groups is 17. The third-order valence-electron chi connectivity index (χ3n) is 13.5. The van der Waals surface area contributed by atoms with Gasteiger partial charge >= 0.3 is 0 Å². The van der Waals surface area contributed by atoms with Crippen molar-refractivity contribution in [1.82, 2.24) is 0 Å². The fourth-order valence-electron chi connectivity index (χ4n) is 9.33. The van der Waals surface area contributed by atoms with E-state index in [9.17, 15) is 111 Å². The Hall–Kier alpha value is -11.8. The average molecular weight is 1190 g/mol. The maximum Gasteiger partial charge on any atom is 0.238 e. The molecule has 8 aromatic carbocycles. The van der Waals surface area contributed by atoms with E-state index in [0.717, 1.165) is 48.5 Å². The van der Waals surface area contributed by atoms with Crippen LogP contribution in [0.1, 0.15) is 67.7 Å². The molecular weight excluding hydrogens is 1140 g/mol. The summed E-state index contributed by atoms with van der Waals surface area (Å²) in [7, 11) is 0. The highest BCUT2D eigenvalue weighted by Gasteiger charge is 2.40. The molecule has 26 heteroatoms. The molecule has 5 atom stereocenters. The van der Waals surface area contributed by atoms with Gasteiger partial charge in [0.15, 0.2) is 69.7 Å². The molecule has 444 valence electrons. The molecule has 0 fully saturated rings. The first kappa shape index (κ1) is 58.9. The molecule has 0 saturated carbocycles. The first-order chi connectivity index (χ1) is 40.7. The molecule has 0 spiro atoms. The minimum atomic E-state index is -1.60. The monoisotopic (exact) mass is 1180 g/mol.